The van der Waals surface area contributed by atoms with E-state index in [0.717, 1.165) is 12.8 Å². The molecular formula is C7H15N3O2. The normalized spacial score (nSPS) is 11.2. The zero-order valence-corrected chi connectivity index (χ0v) is 7.25. The number of nitrogens with zero attached hydrogens (tertiary/aromatic N) is 1. The van der Waals surface area contributed by atoms with Crippen molar-refractivity contribution >= 4 is 11.9 Å². The van der Waals surface area contributed by atoms with E-state index < -0.39 is 6.09 Å². The second kappa shape index (κ2) is 6.45. The van der Waals surface area contributed by atoms with Crippen LogP contribution in [0.15, 0.2) is 4.99 Å². The summed E-state index contributed by atoms with van der Waals surface area (Å²) in [5.74, 6) is 0.588. The van der Waals surface area contributed by atoms with Gasteiger partial charge in [-0.3, -0.25) is 4.99 Å². The highest BCUT2D eigenvalue weighted by atomic mass is 16.5. The molecule has 5 heteroatoms. The second-order valence-electron chi connectivity index (χ2n) is 2.29. The van der Waals surface area contributed by atoms with Gasteiger partial charge in [0.1, 0.15) is 6.61 Å². The smallest absolute Gasteiger partial charge is 0.404 e. The van der Waals surface area contributed by atoms with Gasteiger partial charge in [0.15, 0.2) is 0 Å². The fraction of sp³-hybridized carbons (Fsp3) is 0.714. The molecular weight excluding hydrogens is 158 g/mol. The van der Waals surface area contributed by atoms with Crippen LogP contribution in [0, 0.1) is 0 Å². The van der Waals surface area contributed by atoms with Crippen LogP contribution in [0.1, 0.15) is 19.8 Å². The largest absolute Gasteiger partial charge is 0.448 e. The minimum atomic E-state index is -0.778. The average molecular weight is 173 g/mol. The van der Waals surface area contributed by atoms with E-state index in [1.165, 1.54) is 0 Å². The third kappa shape index (κ3) is 6.85. The van der Waals surface area contributed by atoms with Gasteiger partial charge in [0.2, 0.25) is 0 Å². The molecule has 0 aromatic heterocycles. The highest BCUT2D eigenvalue weighted by Gasteiger charge is 1.92. The van der Waals surface area contributed by atoms with Crippen LogP contribution < -0.4 is 11.5 Å². The van der Waals surface area contributed by atoms with Gasteiger partial charge < -0.3 is 16.2 Å². The highest BCUT2D eigenvalue weighted by molar-refractivity contribution is 5.80. The van der Waals surface area contributed by atoms with E-state index in [0.29, 0.717) is 12.4 Å². The molecule has 0 radical (unpaired) electrons. The van der Waals surface area contributed by atoms with Crippen molar-refractivity contribution in [3.8, 4) is 0 Å². The van der Waals surface area contributed by atoms with Crippen LogP contribution in [-0.2, 0) is 4.74 Å². The number of rotatable bonds is 5. The van der Waals surface area contributed by atoms with Gasteiger partial charge in [-0.2, -0.15) is 0 Å². The summed E-state index contributed by atoms with van der Waals surface area (Å²) in [5.41, 5.74) is 10.2. The molecule has 4 N–H and O–H groups in total. The summed E-state index contributed by atoms with van der Waals surface area (Å²) in [7, 11) is 0. The molecule has 0 spiro atoms. The summed E-state index contributed by atoms with van der Waals surface area (Å²) in [4.78, 5) is 14.0. The van der Waals surface area contributed by atoms with E-state index in [-0.39, 0.29) is 6.61 Å². The number of carbonyl (C=O) groups excluding carboxylic acids is 1. The van der Waals surface area contributed by atoms with Crippen molar-refractivity contribution in [3.05, 3.63) is 0 Å². The molecule has 70 valence electrons. The molecule has 0 saturated carbocycles. The number of nitrogens with two attached hydrogens (primary N) is 2. The Hall–Kier alpha value is -1.26. The molecule has 0 fully saturated rings. The predicted octanol–water partition coefficient (Wildman–Crippen LogP) is 0.239. The predicted molar refractivity (Wildman–Crippen MR) is 46.9 cm³/mol. The third-order valence-corrected chi connectivity index (χ3v) is 1.16. The molecule has 1 amide bonds. The Morgan fingerprint density at radius 3 is 2.67 bits per heavy atom. The maximum absolute atomic E-state index is 10.1. The Kier molecular flexibility index (Phi) is 5.77. The molecule has 0 aliphatic rings. The van der Waals surface area contributed by atoms with Gasteiger partial charge >= 0.3 is 6.09 Å². The van der Waals surface area contributed by atoms with Gasteiger partial charge in [-0.25, -0.2) is 4.79 Å². The number of amides is 1. The van der Waals surface area contributed by atoms with Crippen LogP contribution >= 0.6 is 0 Å². The quantitative estimate of drug-likeness (QED) is 0.354. The number of primary amides is 1. The highest BCUT2D eigenvalue weighted by Crippen LogP contribution is 1.86. The van der Waals surface area contributed by atoms with Crippen molar-refractivity contribution in [2.75, 3.05) is 13.2 Å². The summed E-state index contributed by atoms with van der Waals surface area (Å²) >= 11 is 0. The Morgan fingerprint density at radius 2 is 2.17 bits per heavy atom. The van der Waals surface area contributed by atoms with Gasteiger partial charge in [0.05, 0.1) is 12.4 Å². The van der Waals surface area contributed by atoms with Crippen molar-refractivity contribution in [2.24, 2.45) is 16.5 Å². The molecule has 0 unspecified atom stereocenters. The topological polar surface area (TPSA) is 90.7 Å². The lowest BCUT2D eigenvalue weighted by molar-refractivity contribution is 0.160. The van der Waals surface area contributed by atoms with E-state index in [1.807, 2.05) is 6.92 Å². The van der Waals surface area contributed by atoms with Crippen molar-refractivity contribution in [3.63, 3.8) is 0 Å². The van der Waals surface area contributed by atoms with Crippen LogP contribution in [0.5, 0.6) is 0 Å². The van der Waals surface area contributed by atoms with E-state index in [9.17, 15) is 4.79 Å². The maximum atomic E-state index is 10.1. The van der Waals surface area contributed by atoms with Crippen LogP contribution in [-0.4, -0.2) is 25.1 Å². The summed E-state index contributed by atoms with van der Waals surface area (Å²) in [5, 5.41) is 0. The van der Waals surface area contributed by atoms with Crippen molar-refractivity contribution in [2.45, 2.75) is 19.8 Å². The molecule has 12 heavy (non-hydrogen) atoms. The Balaban J connectivity index is 3.39. The fourth-order valence-electron chi connectivity index (χ4n) is 0.671. The van der Waals surface area contributed by atoms with Crippen molar-refractivity contribution in [1.82, 2.24) is 0 Å². The van der Waals surface area contributed by atoms with Gasteiger partial charge in [-0.15, -0.1) is 0 Å². The second-order valence-corrected chi connectivity index (χ2v) is 2.29. The summed E-state index contributed by atoms with van der Waals surface area (Å²) in [6.07, 6.45) is 0.960. The van der Waals surface area contributed by atoms with Gasteiger partial charge in [0.25, 0.3) is 0 Å². The SMILES string of the molecule is CCCC(N)=NCCOC(N)=O. The van der Waals surface area contributed by atoms with Gasteiger partial charge in [0, 0.05) is 6.42 Å². The zero-order valence-electron chi connectivity index (χ0n) is 7.25. The lowest BCUT2D eigenvalue weighted by atomic mass is 10.3. The van der Waals surface area contributed by atoms with E-state index in [2.05, 4.69) is 9.73 Å². The Labute approximate surface area is 71.8 Å². The van der Waals surface area contributed by atoms with Crippen LogP contribution in [0.4, 0.5) is 4.79 Å². The first-order valence-corrected chi connectivity index (χ1v) is 3.87. The molecule has 0 saturated heterocycles. The first-order chi connectivity index (χ1) is 5.66. The number of amidine groups is 1. The lowest BCUT2D eigenvalue weighted by Gasteiger charge is -1.99. The van der Waals surface area contributed by atoms with Crippen molar-refractivity contribution in [1.29, 1.82) is 0 Å². The summed E-state index contributed by atoms with van der Waals surface area (Å²) < 4.78 is 4.45. The summed E-state index contributed by atoms with van der Waals surface area (Å²) in [6.45, 7) is 2.59. The van der Waals surface area contributed by atoms with Crippen LogP contribution in [0.2, 0.25) is 0 Å². The van der Waals surface area contributed by atoms with Crippen LogP contribution in [0.25, 0.3) is 0 Å². The number of carbonyl (C=O) groups is 1. The lowest BCUT2D eigenvalue weighted by Crippen LogP contribution is -2.17. The molecule has 5 nitrogen and oxygen atoms in total. The minimum absolute atomic E-state index is 0.194. The molecule has 0 heterocycles. The first-order valence-electron chi connectivity index (χ1n) is 3.87. The number of ether oxygens (including phenoxy) is 1. The molecule has 0 atom stereocenters. The number of hydrogen-bond acceptors (Lipinski definition) is 3. The number of aliphatic imine (C=N–C) groups is 1. The number of hydrogen-bond donors (Lipinski definition) is 2. The molecule has 0 rings (SSSR count). The zero-order chi connectivity index (χ0) is 9.40. The molecule has 0 aromatic carbocycles. The maximum Gasteiger partial charge on any atom is 0.404 e. The first kappa shape index (κ1) is 10.7. The average Bonchev–Trinajstić information content (AvgIpc) is 1.98. The van der Waals surface area contributed by atoms with E-state index in [1.54, 1.807) is 0 Å². The minimum Gasteiger partial charge on any atom is -0.448 e. The van der Waals surface area contributed by atoms with E-state index in [4.69, 9.17) is 11.5 Å². The fourth-order valence-corrected chi connectivity index (χ4v) is 0.671. The molecule has 0 bridgehead atoms. The Bertz CT molecular complexity index is 168. The van der Waals surface area contributed by atoms with Gasteiger partial charge in [-0.05, 0) is 6.42 Å². The monoisotopic (exact) mass is 173 g/mol. The van der Waals surface area contributed by atoms with Gasteiger partial charge in [-0.1, -0.05) is 6.92 Å². The molecule has 0 aromatic rings. The van der Waals surface area contributed by atoms with Crippen LogP contribution in [0.3, 0.4) is 0 Å². The Morgan fingerprint density at radius 1 is 1.50 bits per heavy atom. The standard InChI is InChI=1S/C7H15N3O2/c1-2-3-6(8)10-4-5-12-7(9)11/h2-5H2,1H3,(H2,8,10)(H2,9,11). The molecule has 0 aliphatic carbocycles. The van der Waals surface area contributed by atoms with E-state index >= 15 is 0 Å². The molecule has 0 aliphatic heterocycles. The van der Waals surface area contributed by atoms with Crippen molar-refractivity contribution < 1.29 is 9.53 Å². The summed E-state index contributed by atoms with van der Waals surface area (Å²) in [6, 6.07) is 0. The third-order valence-electron chi connectivity index (χ3n) is 1.16.